The Morgan fingerprint density at radius 1 is 1.00 bits per heavy atom. The summed E-state index contributed by atoms with van der Waals surface area (Å²) in [5.41, 5.74) is 6.35. The number of carbonyl (C=O) groups excluding carboxylic acids is 1. The standard InChI is InChI=1S/C17H26N2O5S2/c1-10-11(2)13(4)17(14(5)12(10)3)26(23,24)19-18-16(20)8-15-6-7-25(21,22)9-15/h15,19H,6-9H2,1-5H3,(H,18,20)/t15-/m1/s1. The number of rotatable bonds is 5. The smallest absolute Gasteiger partial charge is 0.257 e. The fourth-order valence-electron chi connectivity index (χ4n) is 3.39. The molecular weight excluding hydrogens is 376 g/mol. The average molecular weight is 403 g/mol. The lowest BCUT2D eigenvalue weighted by Gasteiger charge is -2.19. The molecule has 1 aromatic rings. The Hall–Kier alpha value is -1.45. The van der Waals surface area contributed by atoms with Crippen LogP contribution in [0.25, 0.3) is 0 Å². The van der Waals surface area contributed by atoms with E-state index in [1.165, 1.54) is 0 Å². The van der Waals surface area contributed by atoms with E-state index in [-0.39, 0.29) is 28.7 Å². The zero-order valence-corrected chi connectivity index (χ0v) is 17.4. The maximum absolute atomic E-state index is 12.7. The molecule has 0 unspecified atom stereocenters. The molecule has 7 nitrogen and oxygen atoms in total. The van der Waals surface area contributed by atoms with Gasteiger partial charge in [-0.1, -0.05) is 0 Å². The minimum atomic E-state index is -3.94. The van der Waals surface area contributed by atoms with Crippen molar-refractivity contribution in [1.29, 1.82) is 0 Å². The Labute approximate surface area is 155 Å². The van der Waals surface area contributed by atoms with Gasteiger partial charge in [0.25, 0.3) is 10.0 Å². The molecule has 0 radical (unpaired) electrons. The lowest BCUT2D eigenvalue weighted by atomic mass is 9.95. The Balaban J connectivity index is 2.14. The van der Waals surface area contributed by atoms with Crippen LogP contribution in [0.5, 0.6) is 0 Å². The summed E-state index contributed by atoms with van der Waals surface area (Å²) in [6, 6.07) is 0. The topological polar surface area (TPSA) is 109 Å². The van der Waals surface area contributed by atoms with Crippen molar-refractivity contribution in [3.05, 3.63) is 27.8 Å². The summed E-state index contributed by atoms with van der Waals surface area (Å²) in [5, 5.41) is 0. The van der Waals surface area contributed by atoms with Crippen molar-refractivity contribution < 1.29 is 21.6 Å². The number of carbonyl (C=O) groups is 1. The van der Waals surface area contributed by atoms with E-state index in [0.717, 1.165) is 16.7 Å². The Bertz CT molecular complexity index is 921. The van der Waals surface area contributed by atoms with Crippen molar-refractivity contribution in [1.82, 2.24) is 10.3 Å². The number of sulfone groups is 1. The molecule has 1 amide bonds. The summed E-state index contributed by atoms with van der Waals surface area (Å²) >= 11 is 0. The minimum Gasteiger partial charge on any atom is -0.278 e. The Morgan fingerprint density at radius 3 is 1.96 bits per heavy atom. The van der Waals surface area contributed by atoms with E-state index >= 15 is 0 Å². The average Bonchev–Trinajstić information content (AvgIpc) is 2.88. The van der Waals surface area contributed by atoms with Gasteiger partial charge in [0.2, 0.25) is 5.91 Å². The second kappa shape index (κ2) is 7.28. The molecule has 0 aliphatic carbocycles. The molecule has 0 aromatic heterocycles. The molecule has 2 N–H and O–H groups in total. The highest BCUT2D eigenvalue weighted by Gasteiger charge is 2.30. The van der Waals surface area contributed by atoms with Crippen molar-refractivity contribution in [3.8, 4) is 0 Å². The first kappa shape index (κ1) is 20.9. The molecule has 1 aliphatic heterocycles. The van der Waals surface area contributed by atoms with Gasteiger partial charge in [-0.15, -0.1) is 4.83 Å². The summed E-state index contributed by atoms with van der Waals surface area (Å²) in [6.07, 6.45) is 0.405. The molecule has 26 heavy (non-hydrogen) atoms. The quantitative estimate of drug-likeness (QED) is 0.723. The molecule has 1 saturated heterocycles. The summed E-state index contributed by atoms with van der Waals surface area (Å²) < 4.78 is 48.3. The number of amides is 1. The molecular formula is C17H26N2O5S2. The lowest BCUT2D eigenvalue weighted by Crippen LogP contribution is -2.42. The van der Waals surface area contributed by atoms with Crippen LogP contribution >= 0.6 is 0 Å². The van der Waals surface area contributed by atoms with Crippen LogP contribution in [0.15, 0.2) is 4.90 Å². The van der Waals surface area contributed by atoms with Gasteiger partial charge < -0.3 is 0 Å². The van der Waals surface area contributed by atoms with E-state index in [9.17, 15) is 21.6 Å². The number of benzene rings is 1. The third-order valence-corrected chi connectivity index (χ3v) is 8.68. The van der Waals surface area contributed by atoms with Crippen LogP contribution in [0, 0.1) is 40.5 Å². The van der Waals surface area contributed by atoms with Crippen LogP contribution in [-0.4, -0.2) is 34.2 Å². The zero-order chi connectivity index (χ0) is 19.9. The SMILES string of the molecule is Cc1c(C)c(C)c(S(=O)(=O)NNC(=O)C[C@H]2CCS(=O)(=O)C2)c(C)c1C. The normalized spacial score (nSPS) is 19.5. The number of hydrazine groups is 1. The lowest BCUT2D eigenvalue weighted by molar-refractivity contribution is -0.122. The van der Waals surface area contributed by atoms with Gasteiger partial charge in [0.05, 0.1) is 16.4 Å². The van der Waals surface area contributed by atoms with Crippen molar-refractivity contribution in [2.45, 2.75) is 52.4 Å². The van der Waals surface area contributed by atoms with Gasteiger partial charge in [0.15, 0.2) is 9.84 Å². The Morgan fingerprint density at radius 2 is 1.50 bits per heavy atom. The van der Waals surface area contributed by atoms with E-state index in [4.69, 9.17) is 0 Å². The highest BCUT2D eigenvalue weighted by molar-refractivity contribution is 7.91. The number of nitrogens with one attached hydrogen (secondary N) is 2. The van der Waals surface area contributed by atoms with Crippen LogP contribution in [-0.2, 0) is 24.7 Å². The molecule has 9 heteroatoms. The summed E-state index contributed by atoms with van der Waals surface area (Å²) in [4.78, 5) is 14.3. The molecule has 2 rings (SSSR count). The molecule has 0 saturated carbocycles. The van der Waals surface area contributed by atoms with Crippen LogP contribution in [0.4, 0.5) is 0 Å². The fourth-order valence-corrected chi connectivity index (χ4v) is 6.71. The predicted molar refractivity (Wildman–Crippen MR) is 100.0 cm³/mol. The molecule has 1 heterocycles. The summed E-state index contributed by atoms with van der Waals surface area (Å²) in [5.74, 6) is -0.748. The van der Waals surface area contributed by atoms with Crippen LogP contribution in [0.2, 0.25) is 0 Å². The predicted octanol–water partition coefficient (Wildman–Crippen LogP) is 1.36. The number of sulfonamides is 1. The van der Waals surface area contributed by atoms with E-state index in [0.29, 0.717) is 17.5 Å². The molecule has 146 valence electrons. The first-order valence-electron chi connectivity index (χ1n) is 8.43. The van der Waals surface area contributed by atoms with Gasteiger partial charge in [0.1, 0.15) is 0 Å². The summed E-state index contributed by atoms with van der Waals surface area (Å²) in [7, 11) is -7.01. The molecule has 0 spiro atoms. The molecule has 1 atom stereocenters. The van der Waals surface area contributed by atoms with Gasteiger partial charge in [0, 0.05) is 6.42 Å². The largest absolute Gasteiger partial charge is 0.278 e. The minimum absolute atomic E-state index is 0.0222. The van der Waals surface area contributed by atoms with E-state index in [2.05, 4.69) is 10.3 Å². The number of hydrogen-bond acceptors (Lipinski definition) is 5. The first-order chi connectivity index (χ1) is 11.9. The van der Waals surface area contributed by atoms with E-state index in [1.807, 2.05) is 20.8 Å². The second-order valence-corrected chi connectivity index (χ2v) is 10.9. The van der Waals surface area contributed by atoms with Gasteiger partial charge >= 0.3 is 0 Å². The maximum Gasteiger partial charge on any atom is 0.257 e. The summed E-state index contributed by atoms with van der Waals surface area (Å²) in [6.45, 7) is 9.18. The van der Waals surface area contributed by atoms with Crippen LogP contribution in [0.1, 0.15) is 40.7 Å². The third kappa shape index (κ3) is 4.27. The second-order valence-electron chi connectivity index (χ2n) is 7.08. The monoisotopic (exact) mass is 402 g/mol. The third-order valence-electron chi connectivity index (χ3n) is 5.33. The number of hydrogen-bond donors (Lipinski definition) is 2. The molecule has 0 bridgehead atoms. The van der Waals surface area contributed by atoms with Gasteiger partial charge in [-0.05, 0) is 74.8 Å². The van der Waals surface area contributed by atoms with Crippen LogP contribution < -0.4 is 10.3 Å². The first-order valence-corrected chi connectivity index (χ1v) is 11.7. The maximum atomic E-state index is 12.7. The van der Waals surface area contributed by atoms with Gasteiger partial charge in [-0.3, -0.25) is 10.2 Å². The molecule has 1 fully saturated rings. The highest BCUT2D eigenvalue weighted by Crippen LogP contribution is 2.29. The highest BCUT2D eigenvalue weighted by atomic mass is 32.2. The van der Waals surface area contributed by atoms with Crippen molar-refractivity contribution in [2.75, 3.05) is 11.5 Å². The fraction of sp³-hybridized carbons (Fsp3) is 0.588. The van der Waals surface area contributed by atoms with Crippen molar-refractivity contribution in [3.63, 3.8) is 0 Å². The Kier molecular flexibility index (Phi) is 5.84. The van der Waals surface area contributed by atoms with E-state index in [1.54, 1.807) is 13.8 Å². The van der Waals surface area contributed by atoms with Crippen LogP contribution in [0.3, 0.4) is 0 Å². The van der Waals surface area contributed by atoms with Gasteiger partial charge in [-0.2, -0.15) is 0 Å². The van der Waals surface area contributed by atoms with Crippen molar-refractivity contribution >= 4 is 25.8 Å². The van der Waals surface area contributed by atoms with Crippen molar-refractivity contribution in [2.24, 2.45) is 5.92 Å². The molecule has 1 aromatic carbocycles. The zero-order valence-electron chi connectivity index (χ0n) is 15.8. The van der Waals surface area contributed by atoms with Gasteiger partial charge in [-0.25, -0.2) is 16.8 Å². The molecule has 1 aliphatic rings. The van der Waals surface area contributed by atoms with E-state index < -0.39 is 25.8 Å².